The lowest BCUT2D eigenvalue weighted by Gasteiger charge is -1.91. The molecule has 0 atom stereocenters. The first-order valence-corrected chi connectivity index (χ1v) is 5.01. The van der Waals surface area contributed by atoms with E-state index in [2.05, 4.69) is 9.97 Å². The van der Waals surface area contributed by atoms with Crippen LogP contribution >= 0.6 is 0 Å². The highest BCUT2D eigenvalue weighted by Gasteiger charge is 2.14. The zero-order valence-corrected chi connectivity index (χ0v) is 8.68. The predicted molar refractivity (Wildman–Crippen MR) is 60.8 cm³/mol. The van der Waals surface area contributed by atoms with Gasteiger partial charge in [-0.25, -0.2) is 9.78 Å². The van der Waals surface area contributed by atoms with Crippen molar-refractivity contribution >= 4 is 16.9 Å². The molecule has 0 saturated heterocycles. The topological polar surface area (TPSA) is 79.1 Å². The van der Waals surface area contributed by atoms with Gasteiger partial charge >= 0.3 is 5.97 Å². The van der Waals surface area contributed by atoms with Crippen molar-refractivity contribution in [1.82, 2.24) is 9.97 Å². The van der Waals surface area contributed by atoms with Crippen molar-refractivity contribution in [3.63, 3.8) is 0 Å². The smallest absolute Gasteiger partial charge is 0.357 e. The van der Waals surface area contributed by atoms with Crippen LogP contribution in [0.15, 0.2) is 41.1 Å². The highest BCUT2D eigenvalue weighted by molar-refractivity contribution is 5.94. The van der Waals surface area contributed by atoms with Crippen molar-refractivity contribution < 1.29 is 14.3 Å². The normalized spacial score (nSPS) is 10.8. The van der Waals surface area contributed by atoms with Gasteiger partial charge in [-0.3, -0.25) is 0 Å². The van der Waals surface area contributed by atoms with Crippen LogP contribution in [0.25, 0.3) is 22.4 Å². The van der Waals surface area contributed by atoms with E-state index in [1.165, 1.54) is 0 Å². The summed E-state index contributed by atoms with van der Waals surface area (Å²) in [6.45, 7) is 0. The van der Waals surface area contributed by atoms with Gasteiger partial charge in [-0.05, 0) is 6.07 Å². The minimum absolute atomic E-state index is 0.0923. The van der Waals surface area contributed by atoms with Gasteiger partial charge in [-0.15, -0.1) is 0 Å². The number of H-pyrrole nitrogens is 1. The van der Waals surface area contributed by atoms with Gasteiger partial charge in [-0.1, -0.05) is 18.2 Å². The number of aromatic nitrogens is 2. The second-order valence-electron chi connectivity index (χ2n) is 3.59. The molecule has 0 aliphatic heterocycles. The van der Waals surface area contributed by atoms with Gasteiger partial charge in [0.25, 0.3) is 0 Å². The van der Waals surface area contributed by atoms with Crippen LogP contribution in [0.5, 0.6) is 0 Å². The maximum absolute atomic E-state index is 10.7. The standard InChI is InChI=1S/C12H8N2O3/c15-12(16)10-6-17-11(14-10)8-5-13-9-4-2-1-3-7(8)9/h1-6,13H,(H,15,16). The lowest BCUT2D eigenvalue weighted by atomic mass is 10.2. The fraction of sp³-hybridized carbons (Fsp3) is 0. The molecule has 0 spiro atoms. The number of carbonyl (C=O) groups is 1. The molecule has 1 aromatic carbocycles. The molecule has 2 N–H and O–H groups in total. The summed E-state index contributed by atoms with van der Waals surface area (Å²) in [5, 5.41) is 9.73. The number of aromatic carboxylic acids is 1. The molecule has 0 amide bonds. The van der Waals surface area contributed by atoms with Crippen molar-refractivity contribution in [1.29, 1.82) is 0 Å². The zero-order valence-electron chi connectivity index (χ0n) is 8.68. The minimum atomic E-state index is -1.10. The summed E-state index contributed by atoms with van der Waals surface area (Å²) < 4.78 is 5.17. The second kappa shape index (κ2) is 3.48. The molecular formula is C12H8N2O3. The summed E-state index contributed by atoms with van der Waals surface area (Å²) in [6.07, 6.45) is 2.89. The molecule has 0 saturated carbocycles. The zero-order chi connectivity index (χ0) is 11.8. The number of carboxylic acids is 1. The number of nitrogens with zero attached hydrogens (tertiary/aromatic N) is 1. The Balaban J connectivity index is 2.17. The summed E-state index contributed by atoms with van der Waals surface area (Å²) >= 11 is 0. The Kier molecular flexibility index (Phi) is 1.98. The third-order valence-corrected chi connectivity index (χ3v) is 2.54. The average Bonchev–Trinajstić information content (AvgIpc) is 2.95. The summed E-state index contributed by atoms with van der Waals surface area (Å²) in [5.41, 5.74) is 1.62. The highest BCUT2D eigenvalue weighted by atomic mass is 16.4. The van der Waals surface area contributed by atoms with Crippen molar-refractivity contribution in [2.75, 3.05) is 0 Å². The van der Waals surface area contributed by atoms with Gasteiger partial charge in [0.05, 0.1) is 5.56 Å². The number of hydrogen-bond acceptors (Lipinski definition) is 3. The van der Waals surface area contributed by atoms with Gasteiger partial charge in [0.15, 0.2) is 5.69 Å². The summed E-state index contributed by atoms with van der Waals surface area (Å²) in [5.74, 6) is -0.792. The van der Waals surface area contributed by atoms with Crippen molar-refractivity contribution in [2.45, 2.75) is 0 Å². The van der Waals surface area contributed by atoms with Crippen LogP contribution in [0, 0.1) is 0 Å². The van der Waals surface area contributed by atoms with Crippen molar-refractivity contribution in [3.05, 3.63) is 42.4 Å². The number of hydrogen-bond donors (Lipinski definition) is 2. The number of carboxylic acid groups (broad SMARTS) is 1. The van der Waals surface area contributed by atoms with Crippen LogP contribution in [0.4, 0.5) is 0 Å². The third-order valence-electron chi connectivity index (χ3n) is 2.54. The molecule has 0 fully saturated rings. The van der Waals surface area contributed by atoms with E-state index in [-0.39, 0.29) is 5.69 Å². The molecule has 0 unspecified atom stereocenters. The highest BCUT2D eigenvalue weighted by Crippen LogP contribution is 2.27. The number of aromatic amines is 1. The Morgan fingerprint density at radius 3 is 2.94 bits per heavy atom. The Bertz CT molecular complexity index is 696. The van der Waals surface area contributed by atoms with E-state index in [1.54, 1.807) is 6.20 Å². The summed E-state index contributed by atoms with van der Waals surface area (Å²) in [6, 6.07) is 7.67. The predicted octanol–water partition coefficient (Wildman–Crippen LogP) is 2.52. The molecule has 84 valence electrons. The van der Waals surface area contributed by atoms with E-state index in [4.69, 9.17) is 9.52 Å². The number of benzene rings is 1. The van der Waals surface area contributed by atoms with Crippen LogP contribution < -0.4 is 0 Å². The van der Waals surface area contributed by atoms with E-state index in [0.29, 0.717) is 5.89 Å². The lowest BCUT2D eigenvalue weighted by molar-refractivity contribution is 0.0690. The Morgan fingerprint density at radius 1 is 1.35 bits per heavy atom. The van der Waals surface area contributed by atoms with Crippen LogP contribution in [-0.4, -0.2) is 21.0 Å². The van der Waals surface area contributed by atoms with Gasteiger partial charge in [0, 0.05) is 17.1 Å². The van der Waals surface area contributed by atoms with Gasteiger partial charge in [0.2, 0.25) is 5.89 Å². The molecular weight excluding hydrogens is 220 g/mol. The van der Waals surface area contributed by atoms with Crippen LogP contribution in [0.1, 0.15) is 10.5 Å². The average molecular weight is 228 g/mol. The van der Waals surface area contributed by atoms with E-state index in [9.17, 15) is 4.79 Å². The van der Waals surface area contributed by atoms with Gasteiger partial charge < -0.3 is 14.5 Å². The van der Waals surface area contributed by atoms with Crippen LogP contribution in [-0.2, 0) is 0 Å². The molecule has 0 aliphatic rings. The lowest BCUT2D eigenvalue weighted by Crippen LogP contribution is -1.95. The monoisotopic (exact) mass is 228 g/mol. The minimum Gasteiger partial charge on any atom is -0.476 e. The Labute approximate surface area is 95.7 Å². The van der Waals surface area contributed by atoms with E-state index in [0.717, 1.165) is 22.7 Å². The second-order valence-corrected chi connectivity index (χ2v) is 3.59. The summed E-state index contributed by atoms with van der Waals surface area (Å²) in [7, 11) is 0. The van der Waals surface area contributed by atoms with Crippen LogP contribution in [0.2, 0.25) is 0 Å². The number of rotatable bonds is 2. The molecule has 2 heterocycles. The molecule has 0 bridgehead atoms. The van der Waals surface area contributed by atoms with Crippen molar-refractivity contribution in [2.24, 2.45) is 0 Å². The largest absolute Gasteiger partial charge is 0.476 e. The van der Waals surface area contributed by atoms with E-state index in [1.807, 2.05) is 24.3 Å². The molecule has 5 nitrogen and oxygen atoms in total. The molecule has 5 heteroatoms. The third kappa shape index (κ3) is 1.48. The number of nitrogens with one attached hydrogen (secondary N) is 1. The van der Waals surface area contributed by atoms with Gasteiger partial charge in [0.1, 0.15) is 6.26 Å². The summed E-state index contributed by atoms with van der Waals surface area (Å²) in [4.78, 5) is 17.7. The Hall–Kier alpha value is -2.56. The molecule has 0 radical (unpaired) electrons. The number of fused-ring (bicyclic) bond motifs is 1. The molecule has 3 rings (SSSR count). The van der Waals surface area contributed by atoms with Crippen LogP contribution in [0.3, 0.4) is 0 Å². The molecule has 3 aromatic rings. The SMILES string of the molecule is O=C(O)c1coc(-c2c[nH]c3ccccc23)n1. The quantitative estimate of drug-likeness (QED) is 0.706. The first kappa shape index (κ1) is 9.65. The molecule has 2 aromatic heterocycles. The molecule has 17 heavy (non-hydrogen) atoms. The molecule has 0 aliphatic carbocycles. The number of oxazole rings is 1. The number of para-hydroxylation sites is 1. The maximum atomic E-state index is 10.7. The Morgan fingerprint density at radius 2 is 2.18 bits per heavy atom. The maximum Gasteiger partial charge on any atom is 0.357 e. The van der Waals surface area contributed by atoms with Gasteiger partial charge in [-0.2, -0.15) is 0 Å². The van der Waals surface area contributed by atoms with E-state index < -0.39 is 5.97 Å². The fourth-order valence-electron chi connectivity index (χ4n) is 1.74. The first-order valence-electron chi connectivity index (χ1n) is 5.01. The first-order chi connectivity index (χ1) is 8.25. The van der Waals surface area contributed by atoms with E-state index >= 15 is 0 Å². The fourth-order valence-corrected chi connectivity index (χ4v) is 1.74. The van der Waals surface area contributed by atoms with Crippen molar-refractivity contribution in [3.8, 4) is 11.5 Å².